The number of methoxy groups -OCH3 is 1. The van der Waals surface area contributed by atoms with Crippen molar-refractivity contribution < 1.29 is 4.74 Å². The predicted molar refractivity (Wildman–Crippen MR) is 79.5 cm³/mol. The standard InChI is InChI=1S/C15H28N4O/c1-12(2)19-14(17-11-18-19)10-13(16)15(20-3)8-6-4-5-7-9-15/h11-13H,4-10,16H2,1-3H3. The molecule has 1 atom stereocenters. The topological polar surface area (TPSA) is 66.0 Å². The number of nitrogens with zero attached hydrogens (tertiary/aromatic N) is 3. The van der Waals surface area contributed by atoms with Crippen LogP contribution < -0.4 is 5.73 Å². The van der Waals surface area contributed by atoms with Crippen LogP contribution in [0.4, 0.5) is 0 Å². The van der Waals surface area contributed by atoms with Crippen LogP contribution in [-0.2, 0) is 11.2 Å². The molecule has 0 amide bonds. The zero-order valence-electron chi connectivity index (χ0n) is 13.0. The molecule has 114 valence electrons. The summed E-state index contributed by atoms with van der Waals surface area (Å²) in [7, 11) is 1.80. The van der Waals surface area contributed by atoms with Gasteiger partial charge in [-0.3, -0.25) is 0 Å². The van der Waals surface area contributed by atoms with Crippen molar-refractivity contribution in [3.63, 3.8) is 0 Å². The first-order valence-corrected chi connectivity index (χ1v) is 7.78. The Kier molecular flexibility index (Phi) is 5.16. The van der Waals surface area contributed by atoms with Gasteiger partial charge in [0.1, 0.15) is 12.2 Å². The van der Waals surface area contributed by atoms with E-state index >= 15 is 0 Å². The Morgan fingerprint density at radius 1 is 1.30 bits per heavy atom. The van der Waals surface area contributed by atoms with Gasteiger partial charge in [0, 0.05) is 25.6 Å². The SMILES string of the molecule is COC1(C(N)Cc2ncnn2C(C)C)CCCCCC1. The van der Waals surface area contributed by atoms with E-state index in [1.807, 2.05) is 4.68 Å². The number of rotatable bonds is 5. The van der Waals surface area contributed by atoms with Crippen molar-refractivity contribution in [1.82, 2.24) is 14.8 Å². The van der Waals surface area contributed by atoms with E-state index in [4.69, 9.17) is 10.5 Å². The van der Waals surface area contributed by atoms with Crippen LogP contribution in [0.25, 0.3) is 0 Å². The number of hydrogen-bond donors (Lipinski definition) is 1. The maximum Gasteiger partial charge on any atom is 0.138 e. The average molecular weight is 280 g/mol. The third-order valence-electron chi connectivity index (χ3n) is 4.57. The zero-order chi connectivity index (χ0) is 14.6. The van der Waals surface area contributed by atoms with Crippen molar-refractivity contribution in [3.8, 4) is 0 Å². The quantitative estimate of drug-likeness (QED) is 0.841. The largest absolute Gasteiger partial charge is 0.377 e. The van der Waals surface area contributed by atoms with Gasteiger partial charge in [-0.2, -0.15) is 5.10 Å². The lowest BCUT2D eigenvalue weighted by Gasteiger charge is -2.37. The van der Waals surface area contributed by atoms with Crippen molar-refractivity contribution in [2.75, 3.05) is 7.11 Å². The van der Waals surface area contributed by atoms with Crippen LogP contribution in [0.3, 0.4) is 0 Å². The van der Waals surface area contributed by atoms with Crippen LogP contribution in [0.1, 0.15) is 64.2 Å². The van der Waals surface area contributed by atoms with Crippen LogP contribution in [-0.4, -0.2) is 33.5 Å². The van der Waals surface area contributed by atoms with E-state index in [-0.39, 0.29) is 11.6 Å². The Labute approximate surface area is 121 Å². The highest BCUT2D eigenvalue weighted by atomic mass is 16.5. The summed E-state index contributed by atoms with van der Waals surface area (Å²) < 4.78 is 7.85. The Hall–Kier alpha value is -0.940. The molecular weight excluding hydrogens is 252 g/mol. The Morgan fingerprint density at radius 2 is 1.95 bits per heavy atom. The fourth-order valence-corrected chi connectivity index (χ4v) is 3.29. The van der Waals surface area contributed by atoms with Crippen LogP contribution in [0, 0.1) is 0 Å². The summed E-state index contributed by atoms with van der Waals surface area (Å²) in [6, 6.07) is 0.291. The van der Waals surface area contributed by atoms with Gasteiger partial charge >= 0.3 is 0 Å². The molecule has 1 aromatic heterocycles. The van der Waals surface area contributed by atoms with Crippen LogP contribution in [0.2, 0.25) is 0 Å². The highest BCUT2D eigenvalue weighted by Crippen LogP contribution is 2.33. The first-order chi connectivity index (χ1) is 9.59. The second kappa shape index (κ2) is 6.68. The predicted octanol–water partition coefficient (Wildman–Crippen LogP) is 2.47. The molecule has 5 nitrogen and oxygen atoms in total. The molecule has 1 heterocycles. The second-order valence-corrected chi connectivity index (χ2v) is 6.21. The molecule has 1 fully saturated rings. The molecule has 1 unspecified atom stereocenters. The molecule has 2 N–H and O–H groups in total. The summed E-state index contributed by atoms with van der Waals surface area (Å²) in [6.45, 7) is 4.23. The fourth-order valence-electron chi connectivity index (χ4n) is 3.29. The minimum atomic E-state index is -0.190. The van der Waals surface area contributed by atoms with Gasteiger partial charge in [0.2, 0.25) is 0 Å². The maximum atomic E-state index is 6.52. The van der Waals surface area contributed by atoms with E-state index in [2.05, 4.69) is 23.9 Å². The molecule has 0 aliphatic heterocycles. The van der Waals surface area contributed by atoms with Gasteiger partial charge in [0.05, 0.1) is 5.60 Å². The van der Waals surface area contributed by atoms with Crippen molar-refractivity contribution in [2.24, 2.45) is 5.73 Å². The number of aromatic nitrogens is 3. The monoisotopic (exact) mass is 280 g/mol. The minimum absolute atomic E-state index is 0.0210. The molecule has 1 saturated carbocycles. The van der Waals surface area contributed by atoms with Crippen molar-refractivity contribution in [1.29, 1.82) is 0 Å². The summed E-state index contributed by atoms with van der Waals surface area (Å²) in [6.07, 6.45) is 9.46. The maximum absolute atomic E-state index is 6.52. The third-order valence-corrected chi connectivity index (χ3v) is 4.57. The van der Waals surface area contributed by atoms with Crippen LogP contribution in [0.15, 0.2) is 6.33 Å². The van der Waals surface area contributed by atoms with Crippen LogP contribution >= 0.6 is 0 Å². The molecule has 0 spiro atoms. The molecule has 0 saturated heterocycles. The lowest BCUT2D eigenvalue weighted by atomic mass is 9.84. The number of nitrogens with two attached hydrogens (primary N) is 1. The Morgan fingerprint density at radius 3 is 2.50 bits per heavy atom. The number of hydrogen-bond acceptors (Lipinski definition) is 4. The first kappa shape index (κ1) is 15.4. The zero-order valence-corrected chi connectivity index (χ0v) is 13.0. The van der Waals surface area contributed by atoms with Gasteiger partial charge in [-0.1, -0.05) is 25.7 Å². The molecule has 0 aromatic carbocycles. The fraction of sp³-hybridized carbons (Fsp3) is 0.867. The molecular formula is C15H28N4O. The highest BCUT2D eigenvalue weighted by Gasteiger charge is 2.37. The summed E-state index contributed by atoms with van der Waals surface area (Å²) >= 11 is 0. The number of ether oxygens (including phenoxy) is 1. The molecule has 1 aromatic rings. The molecule has 20 heavy (non-hydrogen) atoms. The van der Waals surface area contributed by atoms with E-state index in [9.17, 15) is 0 Å². The summed E-state index contributed by atoms with van der Waals surface area (Å²) in [5.74, 6) is 0.966. The minimum Gasteiger partial charge on any atom is -0.377 e. The van der Waals surface area contributed by atoms with Gasteiger partial charge < -0.3 is 10.5 Å². The molecule has 1 aliphatic carbocycles. The van der Waals surface area contributed by atoms with E-state index in [1.54, 1.807) is 13.4 Å². The molecule has 0 radical (unpaired) electrons. The van der Waals surface area contributed by atoms with Gasteiger partial charge in [-0.05, 0) is 26.7 Å². The summed E-state index contributed by atoms with van der Waals surface area (Å²) in [5.41, 5.74) is 6.33. The van der Waals surface area contributed by atoms with Crippen molar-refractivity contribution in [3.05, 3.63) is 12.2 Å². The molecule has 5 heteroatoms. The van der Waals surface area contributed by atoms with Gasteiger partial charge in [-0.25, -0.2) is 9.67 Å². The van der Waals surface area contributed by atoms with E-state index < -0.39 is 0 Å². The van der Waals surface area contributed by atoms with Gasteiger partial charge in [-0.15, -0.1) is 0 Å². The average Bonchev–Trinajstić information content (AvgIpc) is 2.75. The van der Waals surface area contributed by atoms with Gasteiger partial charge in [0.25, 0.3) is 0 Å². The second-order valence-electron chi connectivity index (χ2n) is 6.21. The van der Waals surface area contributed by atoms with E-state index in [1.165, 1.54) is 25.7 Å². The third kappa shape index (κ3) is 3.20. The lowest BCUT2D eigenvalue weighted by Crippen LogP contribution is -2.50. The summed E-state index contributed by atoms with van der Waals surface area (Å²) in [4.78, 5) is 4.38. The van der Waals surface area contributed by atoms with Gasteiger partial charge in [0.15, 0.2) is 0 Å². The Balaban J connectivity index is 2.12. The highest BCUT2D eigenvalue weighted by molar-refractivity contribution is 5.00. The van der Waals surface area contributed by atoms with E-state index in [0.717, 1.165) is 25.1 Å². The van der Waals surface area contributed by atoms with Crippen molar-refractivity contribution >= 4 is 0 Å². The molecule has 1 aliphatic rings. The normalized spacial score (nSPS) is 20.9. The van der Waals surface area contributed by atoms with Crippen molar-refractivity contribution in [2.45, 2.75) is 76.5 Å². The smallest absolute Gasteiger partial charge is 0.138 e. The lowest BCUT2D eigenvalue weighted by molar-refractivity contribution is -0.0436. The molecule has 2 rings (SSSR count). The molecule has 0 bridgehead atoms. The first-order valence-electron chi connectivity index (χ1n) is 7.78. The Bertz CT molecular complexity index is 408. The van der Waals surface area contributed by atoms with E-state index in [0.29, 0.717) is 6.04 Å². The summed E-state index contributed by atoms with van der Waals surface area (Å²) in [5, 5.41) is 4.29. The van der Waals surface area contributed by atoms with Crippen LogP contribution in [0.5, 0.6) is 0 Å².